The van der Waals surface area contributed by atoms with Crippen molar-refractivity contribution in [3.05, 3.63) is 0 Å². The topological polar surface area (TPSA) is 37.3 Å². The van der Waals surface area contributed by atoms with E-state index in [2.05, 4.69) is 23.5 Å². The van der Waals surface area contributed by atoms with Crippen LogP contribution in [-0.2, 0) is 4.79 Å². The van der Waals surface area contributed by atoms with Gasteiger partial charge in [-0.25, -0.2) is 0 Å². The van der Waals surface area contributed by atoms with Gasteiger partial charge in [0, 0.05) is 42.3 Å². The van der Waals surface area contributed by atoms with Gasteiger partial charge < -0.3 is 6.53 Å². The number of hydrogen-bond donors (Lipinski definition) is 1. The number of rotatable bonds is 0. The summed E-state index contributed by atoms with van der Waals surface area (Å²) in [7, 11) is 0. The third kappa shape index (κ3) is 6.36. The van der Waals surface area contributed by atoms with Gasteiger partial charge in [-0.05, 0) is 38.5 Å². The molecular formula is C16H27BNaO2S2. The van der Waals surface area contributed by atoms with Crippen molar-refractivity contribution >= 4 is 37.7 Å². The second-order valence-electron chi connectivity index (χ2n) is 6.69. The maximum absolute atomic E-state index is 11.1. The number of thioether (sulfide) groups is 2. The van der Waals surface area contributed by atoms with E-state index < -0.39 is 0 Å². The van der Waals surface area contributed by atoms with Crippen molar-refractivity contribution in [2.45, 2.75) is 91.3 Å². The van der Waals surface area contributed by atoms with Crippen LogP contribution in [0.1, 0.15) is 65.6 Å². The smallest absolute Gasteiger partial charge is 1.00 e. The summed E-state index contributed by atoms with van der Waals surface area (Å²) < 4.78 is 0. The molecule has 4 saturated heterocycles. The molecule has 2 nitrogen and oxygen atoms in total. The summed E-state index contributed by atoms with van der Waals surface area (Å²) in [5.41, 5.74) is 0. The number of carbonyl (C=O) groups excluding carboxylic acids is 1. The molecule has 4 aliphatic heterocycles. The Kier molecular flexibility index (Phi) is 10.1. The fourth-order valence-corrected chi connectivity index (χ4v) is 7.43. The van der Waals surface area contributed by atoms with Gasteiger partial charge in [-0.1, -0.05) is 12.8 Å². The van der Waals surface area contributed by atoms with Gasteiger partial charge in [-0.3, -0.25) is 4.79 Å². The second-order valence-corrected chi connectivity index (χ2v) is 9.91. The zero-order chi connectivity index (χ0) is 13.9. The van der Waals surface area contributed by atoms with E-state index in [0.717, 1.165) is 36.2 Å². The maximum Gasteiger partial charge on any atom is 1.00 e. The molecule has 4 rings (SSSR count). The van der Waals surface area contributed by atoms with Crippen LogP contribution in [0.5, 0.6) is 0 Å². The van der Waals surface area contributed by atoms with Gasteiger partial charge >= 0.3 is 29.6 Å². The Bertz CT molecular complexity index is 335. The molecule has 0 saturated carbocycles. The summed E-state index contributed by atoms with van der Waals surface area (Å²) in [6.07, 6.45) is 11.9. The van der Waals surface area contributed by atoms with Crippen LogP contribution in [-0.4, -0.2) is 46.4 Å². The van der Waals surface area contributed by atoms with Crippen LogP contribution in [0.4, 0.5) is 0 Å². The van der Waals surface area contributed by atoms with Crippen LogP contribution in [0.2, 0.25) is 0 Å². The minimum atomic E-state index is 0. The van der Waals surface area contributed by atoms with Crippen LogP contribution < -0.4 is 29.6 Å². The normalized spacial score (nSPS) is 39.5. The molecule has 119 valence electrons. The first-order chi connectivity index (χ1) is 9.69. The van der Waals surface area contributed by atoms with Gasteiger partial charge in [-0.15, -0.1) is 0 Å². The van der Waals surface area contributed by atoms with Gasteiger partial charge in [0.05, 0.1) is 6.10 Å². The van der Waals surface area contributed by atoms with Gasteiger partial charge in [0.2, 0.25) is 0 Å². The number of hydrogen-bond acceptors (Lipinski definition) is 4. The van der Waals surface area contributed by atoms with Crippen molar-refractivity contribution in [3.8, 4) is 0 Å². The van der Waals surface area contributed by atoms with E-state index in [1.165, 1.54) is 38.5 Å². The van der Waals surface area contributed by atoms with E-state index in [-0.39, 0.29) is 45.5 Å². The summed E-state index contributed by atoms with van der Waals surface area (Å²) >= 11 is 4.17. The number of aliphatic hydroxyl groups is 1. The molecule has 1 N–H and O–H groups in total. The Balaban J connectivity index is 0.000000372. The van der Waals surface area contributed by atoms with E-state index in [1.807, 2.05) is 0 Å². The Morgan fingerprint density at radius 2 is 1.27 bits per heavy atom. The Morgan fingerprint density at radius 1 is 0.864 bits per heavy atom. The predicted octanol–water partition coefficient (Wildman–Crippen LogP) is 0.535. The van der Waals surface area contributed by atoms with Crippen molar-refractivity contribution in [3.63, 3.8) is 0 Å². The molecule has 4 atom stereocenters. The minimum absolute atomic E-state index is 0. The molecule has 0 aromatic carbocycles. The van der Waals surface area contributed by atoms with Gasteiger partial charge in [-0.2, -0.15) is 23.5 Å². The molecule has 0 spiro atoms. The van der Waals surface area contributed by atoms with E-state index in [1.54, 1.807) is 0 Å². The Morgan fingerprint density at radius 3 is 1.77 bits per heavy atom. The Hall–Kier alpha value is 1.39. The monoisotopic (exact) mass is 349 g/mol. The number of carbonyl (C=O) groups is 1. The zero-order valence-electron chi connectivity index (χ0n) is 14.7. The van der Waals surface area contributed by atoms with E-state index in [0.29, 0.717) is 16.3 Å². The molecule has 6 heteroatoms. The molecule has 4 unspecified atom stereocenters. The van der Waals surface area contributed by atoms with Crippen LogP contribution in [0.15, 0.2) is 0 Å². The van der Waals surface area contributed by atoms with Crippen LogP contribution >= 0.6 is 23.5 Å². The van der Waals surface area contributed by atoms with Gasteiger partial charge in [0.25, 0.3) is 0 Å². The van der Waals surface area contributed by atoms with Crippen molar-refractivity contribution in [1.82, 2.24) is 0 Å². The molecular weight excluding hydrogens is 322 g/mol. The van der Waals surface area contributed by atoms with E-state index in [9.17, 15) is 9.90 Å². The summed E-state index contributed by atoms with van der Waals surface area (Å²) in [4.78, 5) is 11.1. The molecule has 0 amide bonds. The molecule has 0 aliphatic carbocycles. The van der Waals surface area contributed by atoms with Crippen molar-refractivity contribution in [2.75, 3.05) is 0 Å². The van der Waals surface area contributed by atoms with Crippen LogP contribution in [0, 0.1) is 0 Å². The van der Waals surface area contributed by atoms with E-state index >= 15 is 0 Å². The average Bonchev–Trinajstić information content (AvgIpc) is 2.38. The maximum atomic E-state index is 11.1. The molecule has 3 radical (unpaired) electrons. The standard InChI is InChI=1S/C8H14OS.C8H12OS.B.Na.H/c2*9-6-4-7-2-1-3-8(5-6)10-7;;;/h6-9H,1-5H2;7-8H,1-5H2;;;/q;;;+1;-1. The predicted molar refractivity (Wildman–Crippen MR) is 94.4 cm³/mol. The van der Waals surface area contributed by atoms with Gasteiger partial charge in [0.15, 0.2) is 0 Å². The molecule has 22 heavy (non-hydrogen) atoms. The molecule has 0 aromatic rings. The summed E-state index contributed by atoms with van der Waals surface area (Å²) in [6, 6.07) is 0. The molecule has 4 aliphatic rings. The minimum Gasteiger partial charge on any atom is -1.00 e. The first-order valence-corrected chi connectivity index (χ1v) is 10.1. The van der Waals surface area contributed by atoms with Crippen molar-refractivity contribution < 1.29 is 40.9 Å². The molecule has 4 bridgehead atoms. The number of fused-ring (bicyclic) bond motifs is 4. The van der Waals surface area contributed by atoms with Crippen molar-refractivity contribution in [1.29, 1.82) is 0 Å². The summed E-state index contributed by atoms with van der Waals surface area (Å²) in [6.45, 7) is 0. The number of aliphatic hydroxyl groups excluding tert-OH is 1. The van der Waals surface area contributed by atoms with Crippen LogP contribution in [0.25, 0.3) is 0 Å². The van der Waals surface area contributed by atoms with Crippen molar-refractivity contribution in [2.24, 2.45) is 0 Å². The van der Waals surface area contributed by atoms with Gasteiger partial charge in [0.1, 0.15) is 5.78 Å². The third-order valence-corrected chi connectivity index (χ3v) is 8.06. The summed E-state index contributed by atoms with van der Waals surface area (Å²) in [5, 5.41) is 12.4. The first kappa shape index (κ1) is 21.4. The van der Waals surface area contributed by atoms with Crippen LogP contribution in [0.3, 0.4) is 0 Å². The number of Topliss-reactive ketones (excluding diaryl/α,β-unsaturated/α-hetero) is 1. The Labute approximate surface area is 169 Å². The fourth-order valence-electron chi connectivity index (χ4n) is 3.90. The average molecular weight is 349 g/mol. The molecule has 4 heterocycles. The molecule has 4 fully saturated rings. The summed E-state index contributed by atoms with van der Waals surface area (Å²) in [5.74, 6) is 0.508. The quantitative estimate of drug-likeness (QED) is 0.648. The zero-order valence-corrected chi connectivity index (χ0v) is 17.3. The number of ketones is 1. The SMILES string of the molecule is O=C1CC2CCCC(C1)S2.OC1CC2CCCC(C1)S2.[B].[H-].[Na+]. The largest absolute Gasteiger partial charge is 1.00 e. The van der Waals surface area contributed by atoms with E-state index in [4.69, 9.17) is 0 Å². The third-order valence-electron chi connectivity index (χ3n) is 4.85. The fraction of sp³-hybridized carbons (Fsp3) is 0.938. The molecule has 0 aromatic heterocycles. The first-order valence-electron chi connectivity index (χ1n) is 8.19. The second kappa shape index (κ2) is 10.4.